The predicted octanol–water partition coefficient (Wildman–Crippen LogP) is 5.63. The summed E-state index contributed by atoms with van der Waals surface area (Å²) in [5.41, 5.74) is 2.98. The third-order valence-electron chi connectivity index (χ3n) is 5.72. The Bertz CT molecular complexity index is 1440. The molecule has 1 N–H and O–H groups in total. The second-order valence-electron chi connectivity index (χ2n) is 8.01. The van der Waals surface area contributed by atoms with Gasteiger partial charge in [-0.3, -0.25) is 14.5 Å². The van der Waals surface area contributed by atoms with Gasteiger partial charge < -0.3 is 9.84 Å². The SMILES string of the molecule is CCOc1cccc(/C(O)=C2\C(=O)C(=O)N(c3nc4ccc(C)cc4s3)C2c2ccccc2)c1. The molecule has 1 fully saturated rings. The monoisotopic (exact) mass is 470 g/mol. The van der Waals surface area contributed by atoms with Crippen molar-refractivity contribution in [2.45, 2.75) is 19.9 Å². The maximum atomic E-state index is 13.3. The molecule has 0 radical (unpaired) electrons. The van der Waals surface area contributed by atoms with E-state index >= 15 is 0 Å². The van der Waals surface area contributed by atoms with E-state index in [-0.39, 0.29) is 11.3 Å². The second-order valence-corrected chi connectivity index (χ2v) is 9.02. The van der Waals surface area contributed by atoms with Crippen LogP contribution in [0.2, 0.25) is 0 Å². The number of rotatable bonds is 5. The zero-order chi connectivity index (χ0) is 23.8. The summed E-state index contributed by atoms with van der Waals surface area (Å²) >= 11 is 1.35. The lowest BCUT2D eigenvalue weighted by molar-refractivity contribution is -0.132. The molecule has 6 nitrogen and oxygen atoms in total. The molecule has 1 atom stereocenters. The highest BCUT2D eigenvalue weighted by Gasteiger charge is 2.48. The van der Waals surface area contributed by atoms with E-state index in [0.717, 1.165) is 15.8 Å². The number of nitrogens with zero attached hydrogens (tertiary/aromatic N) is 2. The maximum absolute atomic E-state index is 13.3. The average molecular weight is 471 g/mol. The molecule has 0 aliphatic carbocycles. The van der Waals surface area contributed by atoms with Crippen LogP contribution in [0.15, 0.2) is 78.4 Å². The van der Waals surface area contributed by atoms with E-state index in [0.29, 0.717) is 28.6 Å². The van der Waals surface area contributed by atoms with Crippen molar-refractivity contribution in [2.75, 3.05) is 11.5 Å². The van der Waals surface area contributed by atoms with Gasteiger partial charge in [-0.25, -0.2) is 4.98 Å². The number of amides is 1. The number of Topliss-reactive ketones (excluding diaryl/α,β-unsaturated/α-hetero) is 1. The van der Waals surface area contributed by atoms with Crippen LogP contribution < -0.4 is 9.64 Å². The summed E-state index contributed by atoms with van der Waals surface area (Å²) in [6.07, 6.45) is 0. The summed E-state index contributed by atoms with van der Waals surface area (Å²) in [5, 5.41) is 11.7. The van der Waals surface area contributed by atoms with Crippen molar-refractivity contribution >= 4 is 44.1 Å². The Morgan fingerprint density at radius 3 is 2.62 bits per heavy atom. The van der Waals surface area contributed by atoms with Crippen molar-refractivity contribution in [2.24, 2.45) is 0 Å². The van der Waals surface area contributed by atoms with Crippen molar-refractivity contribution in [3.8, 4) is 5.75 Å². The van der Waals surface area contributed by atoms with Crippen molar-refractivity contribution in [3.63, 3.8) is 0 Å². The van der Waals surface area contributed by atoms with Gasteiger partial charge in [0.15, 0.2) is 5.13 Å². The molecule has 3 aromatic carbocycles. The van der Waals surface area contributed by atoms with Gasteiger partial charge in [0.2, 0.25) is 0 Å². The Kier molecular flexibility index (Phi) is 5.63. The number of anilines is 1. The highest BCUT2D eigenvalue weighted by Crippen LogP contribution is 2.44. The summed E-state index contributed by atoms with van der Waals surface area (Å²) in [6, 6.07) is 21.1. The number of hydrogen-bond donors (Lipinski definition) is 1. The van der Waals surface area contributed by atoms with Crippen molar-refractivity contribution < 1.29 is 19.4 Å². The topological polar surface area (TPSA) is 79.7 Å². The van der Waals surface area contributed by atoms with Crippen LogP contribution >= 0.6 is 11.3 Å². The number of carbonyl (C=O) groups is 2. The van der Waals surface area contributed by atoms with Gasteiger partial charge in [0.1, 0.15) is 11.5 Å². The number of aliphatic hydroxyl groups is 1. The van der Waals surface area contributed by atoms with Gasteiger partial charge in [0.05, 0.1) is 28.4 Å². The zero-order valence-electron chi connectivity index (χ0n) is 18.7. The molecule has 1 saturated heterocycles. The Hall–Kier alpha value is -3.97. The summed E-state index contributed by atoms with van der Waals surface area (Å²) < 4.78 is 6.47. The van der Waals surface area contributed by atoms with E-state index in [9.17, 15) is 14.7 Å². The molecule has 1 amide bonds. The first-order valence-corrected chi connectivity index (χ1v) is 11.8. The quantitative estimate of drug-likeness (QED) is 0.232. The smallest absolute Gasteiger partial charge is 0.301 e. The molecule has 7 heteroatoms. The maximum Gasteiger partial charge on any atom is 0.301 e. The Balaban J connectivity index is 1.70. The summed E-state index contributed by atoms with van der Waals surface area (Å²) in [6.45, 7) is 4.33. The summed E-state index contributed by atoms with van der Waals surface area (Å²) in [7, 11) is 0. The molecule has 1 aliphatic rings. The van der Waals surface area contributed by atoms with Gasteiger partial charge >= 0.3 is 5.91 Å². The third-order valence-corrected chi connectivity index (χ3v) is 6.73. The molecule has 0 spiro atoms. The Morgan fingerprint density at radius 2 is 1.85 bits per heavy atom. The molecule has 0 bridgehead atoms. The molecule has 5 rings (SSSR count). The third kappa shape index (κ3) is 3.74. The van der Waals surface area contributed by atoms with Gasteiger partial charge in [0.25, 0.3) is 5.78 Å². The highest BCUT2D eigenvalue weighted by atomic mass is 32.1. The van der Waals surface area contributed by atoms with Crippen molar-refractivity contribution in [1.82, 2.24) is 4.98 Å². The number of aliphatic hydroxyl groups excluding tert-OH is 1. The molecule has 0 saturated carbocycles. The number of benzene rings is 3. The fourth-order valence-electron chi connectivity index (χ4n) is 4.16. The number of thiazole rings is 1. The fourth-order valence-corrected chi connectivity index (χ4v) is 5.25. The van der Waals surface area contributed by atoms with Gasteiger partial charge in [-0.15, -0.1) is 0 Å². The fraction of sp³-hybridized carbons (Fsp3) is 0.148. The van der Waals surface area contributed by atoms with Crippen LogP contribution in [0.1, 0.15) is 29.7 Å². The molecule has 1 unspecified atom stereocenters. The number of aromatic nitrogens is 1. The number of fused-ring (bicyclic) bond motifs is 1. The van der Waals surface area contributed by atoms with E-state index < -0.39 is 17.7 Å². The van der Waals surface area contributed by atoms with E-state index in [1.54, 1.807) is 24.3 Å². The molecule has 2 heterocycles. The Labute approximate surface area is 200 Å². The normalized spacial score (nSPS) is 17.5. The van der Waals surface area contributed by atoms with E-state index in [1.165, 1.54) is 16.2 Å². The first kappa shape index (κ1) is 21.9. The van der Waals surface area contributed by atoms with Crippen LogP contribution in [0.25, 0.3) is 16.0 Å². The molecule has 170 valence electrons. The predicted molar refractivity (Wildman–Crippen MR) is 133 cm³/mol. The van der Waals surface area contributed by atoms with Crippen LogP contribution in [-0.2, 0) is 9.59 Å². The molecule has 4 aromatic rings. The Morgan fingerprint density at radius 1 is 1.06 bits per heavy atom. The molecular formula is C27H22N2O4S. The van der Waals surface area contributed by atoms with E-state index in [2.05, 4.69) is 4.98 Å². The largest absolute Gasteiger partial charge is 0.507 e. The number of ketones is 1. The molecule has 34 heavy (non-hydrogen) atoms. The second kappa shape index (κ2) is 8.76. The lowest BCUT2D eigenvalue weighted by Gasteiger charge is -2.23. The highest BCUT2D eigenvalue weighted by molar-refractivity contribution is 7.22. The van der Waals surface area contributed by atoms with Gasteiger partial charge in [0, 0.05) is 5.56 Å². The lowest BCUT2D eigenvalue weighted by Crippen LogP contribution is -2.29. The zero-order valence-corrected chi connectivity index (χ0v) is 19.5. The molecular weight excluding hydrogens is 448 g/mol. The first-order valence-electron chi connectivity index (χ1n) is 10.9. The summed E-state index contributed by atoms with van der Waals surface area (Å²) in [5.74, 6) is -1.14. The van der Waals surface area contributed by atoms with Crippen molar-refractivity contribution in [3.05, 3.63) is 95.1 Å². The van der Waals surface area contributed by atoms with Gasteiger partial charge in [-0.2, -0.15) is 0 Å². The van der Waals surface area contributed by atoms with E-state index in [4.69, 9.17) is 4.74 Å². The number of ether oxygens (including phenoxy) is 1. The van der Waals surface area contributed by atoms with Gasteiger partial charge in [-0.1, -0.05) is 59.9 Å². The molecule has 1 aliphatic heterocycles. The van der Waals surface area contributed by atoms with E-state index in [1.807, 2.05) is 62.4 Å². The summed E-state index contributed by atoms with van der Waals surface area (Å²) in [4.78, 5) is 32.7. The minimum atomic E-state index is -0.807. The number of hydrogen-bond acceptors (Lipinski definition) is 6. The first-order chi connectivity index (χ1) is 16.5. The minimum Gasteiger partial charge on any atom is -0.507 e. The van der Waals surface area contributed by atoms with Crippen LogP contribution in [0.3, 0.4) is 0 Å². The van der Waals surface area contributed by atoms with Crippen LogP contribution in [0.5, 0.6) is 5.75 Å². The number of aryl methyl sites for hydroxylation is 1. The minimum absolute atomic E-state index is 0.0280. The van der Waals surface area contributed by atoms with Crippen molar-refractivity contribution in [1.29, 1.82) is 0 Å². The van der Waals surface area contributed by atoms with Crippen LogP contribution in [-0.4, -0.2) is 28.4 Å². The molecule has 1 aromatic heterocycles. The van der Waals surface area contributed by atoms with Crippen LogP contribution in [0.4, 0.5) is 5.13 Å². The number of carbonyl (C=O) groups excluding carboxylic acids is 2. The standard InChI is InChI=1S/C27H22N2O4S/c1-3-33-19-11-7-10-18(15-19)24(30)22-23(17-8-5-4-6-9-17)29(26(32)25(22)31)27-28-20-13-12-16(2)14-21(20)34-27/h4-15,23,30H,3H2,1-2H3/b24-22+. The lowest BCUT2D eigenvalue weighted by atomic mass is 9.95. The van der Waals surface area contributed by atoms with Gasteiger partial charge in [-0.05, 0) is 49.2 Å². The van der Waals surface area contributed by atoms with Crippen LogP contribution in [0, 0.1) is 6.92 Å². The average Bonchev–Trinajstić information content (AvgIpc) is 3.37.